The maximum atomic E-state index is 12.4. The van der Waals surface area contributed by atoms with E-state index < -0.39 is 5.69 Å². The topological polar surface area (TPSA) is 93.2 Å². The molecule has 0 aliphatic rings. The molecule has 0 saturated heterocycles. The van der Waals surface area contributed by atoms with Crippen molar-refractivity contribution < 1.29 is 9.53 Å². The minimum absolute atomic E-state index is 0.0173. The second kappa shape index (κ2) is 9.78. The smallest absolute Gasteiger partial charge is 0.328 e. The van der Waals surface area contributed by atoms with Gasteiger partial charge in [-0.15, -0.1) is 0 Å². The van der Waals surface area contributed by atoms with Crippen LogP contribution in [0.4, 0.5) is 0 Å². The quantitative estimate of drug-likeness (QED) is 0.636. The molecule has 0 atom stereocenters. The highest BCUT2D eigenvalue weighted by Crippen LogP contribution is 2.04. The van der Waals surface area contributed by atoms with Gasteiger partial charge in [-0.05, 0) is 38.3 Å². The summed E-state index contributed by atoms with van der Waals surface area (Å²) in [5.74, 6) is -0.0173. The molecule has 0 aliphatic heterocycles. The molecule has 0 fully saturated rings. The van der Waals surface area contributed by atoms with Gasteiger partial charge < -0.3 is 15.0 Å². The van der Waals surface area contributed by atoms with Crippen molar-refractivity contribution >= 4 is 16.8 Å². The van der Waals surface area contributed by atoms with E-state index in [9.17, 15) is 14.4 Å². The van der Waals surface area contributed by atoms with Crippen LogP contribution >= 0.6 is 0 Å². The summed E-state index contributed by atoms with van der Waals surface area (Å²) < 4.78 is 6.40. The summed E-state index contributed by atoms with van der Waals surface area (Å²) in [5, 5.41) is 3.33. The molecular formula is C18H25N3O4. The number of para-hydroxylation sites is 1. The maximum Gasteiger partial charge on any atom is 0.328 e. The Morgan fingerprint density at radius 3 is 2.80 bits per heavy atom. The Bertz CT molecular complexity index is 810. The van der Waals surface area contributed by atoms with E-state index in [0.29, 0.717) is 56.5 Å². The van der Waals surface area contributed by atoms with Gasteiger partial charge in [0.15, 0.2) is 0 Å². The van der Waals surface area contributed by atoms with Crippen LogP contribution in [-0.2, 0) is 16.1 Å². The molecule has 7 heteroatoms. The van der Waals surface area contributed by atoms with Gasteiger partial charge in [0, 0.05) is 32.7 Å². The van der Waals surface area contributed by atoms with Gasteiger partial charge in [0.25, 0.3) is 5.56 Å². The monoisotopic (exact) mass is 347 g/mol. The van der Waals surface area contributed by atoms with Crippen molar-refractivity contribution in [3.8, 4) is 0 Å². The Hall–Kier alpha value is -2.41. The number of amides is 1. The van der Waals surface area contributed by atoms with E-state index in [1.165, 1.54) is 4.57 Å². The molecule has 2 rings (SSSR count). The number of aromatic nitrogens is 2. The van der Waals surface area contributed by atoms with Crippen LogP contribution in [0.5, 0.6) is 0 Å². The normalized spacial score (nSPS) is 10.9. The number of carbonyl (C=O) groups is 1. The Kier molecular flexibility index (Phi) is 7.40. The number of hydrogen-bond acceptors (Lipinski definition) is 4. The number of hydrogen-bond donors (Lipinski definition) is 2. The first-order chi connectivity index (χ1) is 12.1. The predicted octanol–water partition coefficient (Wildman–Crippen LogP) is 1.40. The fraction of sp³-hybridized carbons (Fsp3) is 0.500. The molecule has 7 nitrogen and oxygen atoms in total. The molecule has 0 radical (unpaired) electrons. The SMILES string of the molecule is CCOCCCNC(=O)CCCCn1c(=O)[nH]c2ccccc2c1=O. The highest BCUT2D eigenvalue weighted by molar-refractivity contribution is 5.77. The van der Waals surface area contributed by atoms with Crippen LogP contribution in [0.25, 0.3) is 10.9 Å². The number of ether oxygens (including phenoxy) is 1. The molecule has 1 aromatic carbocycles. The first-order valence-electron chi connectivity index (χ1n) is 8.69. The second-order valence-electron chi connectivity index (χ2n) is 5.79. The molecule has 1 heterocycles. The minimum Gasteiger partial charge on any atom is -0.382 e. The van der Waals surface area contributed by atoms with Gasteiger partial charge in [-0.1, -0.05) is 12.1 Å². The molecule has 0 aliphatic carbocycles. The number of rotatable bonds is 10. The van der Waals surface area contributed by atoms with Crippen molar-refractivity contribution in [3.05, 3.63) is 45.1 Å². The summed E-state index contributed by atoms with van der Waals surface area (Å²) in [6.07, 6.45) is 2.39. The summed E-state index contributed by atoms with van der Waals surface area (Å²) in [7, 11) is 0. The van der Waals surface area contributed by atoms with Gasteiger partial charge >= 0.3 is 5.69 Å². The third-order valence-electron chi connectivity index (χ3n) is 3.92. The largest absolute Gasteiger partial charge is 0.382 e. The molecule has 0 spiro atoms. The molecule has 0 bridgehead atoms. The number of benzene rings is 1. The van der Waals surface area contributed by atoms with Crippen LogP contribution in [0.15, 0.2) is 33.9 Å². The number of nitrogens with zero attached hydrogens (tertiary/aromatic N) is 1. The number of nitrogens with one attached hydrogen (secondary N) is 2. The molecule has 136 valence electrons. The van der Waals surface area contributed by atoms with Gasteiger partial charge in [0.05, 0.1) is 10.9 Å². The molecule has 25 heavy (non-hydrogen) atoms. The predicted molar refractivity (Wildman–Crippen MR) is 96.8 cm³/mol. The fourth-order valence-corrected chi connectivity index (χ4v) is 2.59. The summed E-state index contributed by atoms with van der Waals surface area (Å²) in [6, 6.07) is 6.94. The summed E-state index contributed by atoms with van der Waals surface area (Å²) in [6.45, 7) is 4.16. The number of unbranched alkanes of at least 4 members (excludes halogenated alkanes) is 1. The summed E-state index contributed by atoms with van der Waals surface area (Å²) in [4.78, 5) is 38.8. The fourth-order valence-electron chi connectivity index (χ4n) is 2.59. The van der Waals surface area contributed by atoms with Crippen molar-refractivity contribution in [3.63, 3.8) is 0 Å². The Balaban J connectivity index is 1.79. The Morgan fingerprint density at radius 2 is 2.00 bits per heavy atom. The van der Waals surface area contributed by atoms with E-state index >= 15 is 0 Å². The zero-order chi connectivity index (χ0) is 18.1. The minimum atomic E-state index is -0.413. The lowest BCUT2D eigenvalue weighted by Gasteiger charge is -2.07. The average Bonchev–Trinajstić information content (AvgIpc) is 2.60. The van der Waals surface area contributed by atoms with E-state index in [1.54, 1.807) is 24.3 Å². The van der Waals surface area contributed by atoms with Crippen LogP contribution in [-0.4, -0.2) is 35.2 Å². The van der Waals surface area contributed by atoms with Crippen molar-refractivity contribution in [2.45, 2.75) is 39.2 Å². The van der Waals surface area contributed by atoms with Crippen molar-refractivity contribution in [2.24, 2.45) is 0 Å². The number of carbonyl (C=O) groups excluding carboxylic acids is 1. The number of aromatic amines is 1. The zero-order valence-electron chi connectivity index (χ0n) is 14.5. The van der Waals surface area contributed by atoms with Gasteiger partial charge in [-0.3, -0.25) is 14.2 Å². The molecule has 0 unspecified atom stereocenters. The molecule has 1 amide bonds. The highest BCUT2D eigenvalue weighted by Gasteiger charge is 2.07. The lowest BCUT2D eigenvalue weighted by molar-refractivity contribution is -0.121. The van der Waals surface area contributed by atoms with E-state index in [1.807, 2.05) is 6.92 Å². The molecule has 2 aromatic rings. The van der Waals surface area contributed by atoms with Crippen molar-refractivity contribution in [2.75, 3.05) is 19.8 Å². The first-order valence-corrected chi connectivity index (χ1v) is 8.69. The van der Waals surface area contributed by atoms with Gasteiger partial charge in [0.2, 0.25) is 5.91 Å². The number of fused-ring (bicyclic) bond motifs is 1. The van der Waals surface area contributed by atoms with Crippen LogP contribution < -0.4 is 16.6 Å². The van der Waals surface area contributed by atoms with Crippen LogP contribution in [0.2, 0.25) is 0 Å². The van der Waals surface area contributed by atoms with E-state index in [0.717, 1.165) is 6.42 Å². The second-order valence-corrected chi connectivity index (χ2v) is 5.79. The molecular weight excluding hydrogens is 322 g/mol. The Morgan fingerprint density at radius 1 is 1.20 bits per heavy atom. The standard InChI is InChI=1S/C18H25N3O4/c1-2-25-13-7-11-19-16(22)10-5-6-12-21-17(23)14-8-3-4-9-15(14)20-18(21)24/h3-4,8-9H,2,5-7,10-13H2,1H3,(H,19,22)(H,20,24). The average molecular weight is 347 g/mol. The van der Waals surface area contributed by atoms with E-state index in [2.05, 4.69) is 10.3 Å². The van der Waals surface area contributed by atoms with Crippen molar-refractivity contribution in [1.29, 1.82) is 0 Å². The van der Waals surface area contributed by atoms with Crippen LogP contribution in [0.1, 0.15) is 32.6 Å². The van der Waals surface area contributed by atoms with Gasteiger partial charge in [0.1, 0.15) is 0 Å². The lowest BCUT2D eigenvalue weighted by Crippen LogP contribution is -2.35. The maximum absolute atomic E-state index is 12.4. The summed E-state index contributed by atoms with van der Waals surface area (Å²) in [5.41, 5.74) is -0.163. The third-order valence-corrected chi connectivity index (χ3v) is 3.92. The van der Waals surface area contributed by atoms with Crippen LogP contribution in [0.3, 0.4) is 0 Å². The highest BCUT2D eigenvalue weighted by atomic mass is 16.5. The van der Waals surface area contributed by atoms with E-state index in [4.69, 9.17) is 4.74 Å². The molecule has 1 aromatic heterocycles. The number of H-pyrrole nitrogens is 1. The van der Waals surface area contributed by atoms with Crippen LogP contribution in [0, 0.1) is 0 Å². The first kappa shape index (κ1) is 18.9. The molecule has 2 N–H and O–H groups in total. The molecule has 0 saturated carbocycles. The van der Waals surface area contributed by atoms with Crippen molar-refractivity contribution in [1.82, 2.24) is 14.9 Å². The van der Waals surface area contributed by atoms with E-state index in [-0.39, 0.29) is 11.5 Å². The Labute approximate surface area is 146 Å². The lowest BCUT2D eigenvalue weighted by atomic mass is 10.2. The van der Waals surface area contributed by atoms with Gasteiger partial charge in [-0.2, -0.15) is 0 Å². The zero-order valence-corrected chi connectivity index (χ0v) is 14.5. The summed E-state index contributed by atoms with van der Waals surface area (Å²) >= 11 is 0. The van der Waals surface area contributed by atoms with Gasteiger partial charge in [-0.25, -0.2) is 4.79 Å². The third kappa shape index (κ3) is 5.56.